The van der Waals surface area contributed by atoms with Gasteiger partial charge in [-0.1, -0.05) is 0 Å². The Morgan fingerprint density at radius 2 is 2.09 bits per heavy atom. The number of hydrogen-bond acceptors (Lipinski definition) is 5. The molecule has 0 aromatic carbocycles. The highest BCUT2D eigenvalue weighted by atomic mass is 32.2. The Kier molecular flexibility index (Phi) is 5.39. The quantitative estimate of drug-likeness (QED) is 0.452. The Morgan fingerprint density at radius 3 is 2.55 bits per heavy atom. The van der Waals surface area contributed by atoms with Crippen molar-refractivity contribution in [3.05, 3.63) is 0 Å². The van der Waals surface area contributed by atoms with Crippen LogP contribution in [-0.2, 0) is 19.3 Å². The van der Waals surface area contributed by atoms with Gasteiger partial charge in [0.15, 0.2) is 0 Å². The minimum atomic E-state index is -3.59. The van der Waals surface area contributed by atoms with Gasteiger partial charge in [0.1, 0.15) is 0 Å². The van der Waals surface area contributed by atoms with Gasteiger partial charge in [-0.2, -0.15) is 8.42 Å². The normalized spacial score (nSPS) is 11.8. The van der Waals surface area contributed by atoms with E-state index in [1.807, 2.05) is 0 Å². The summed E-state index contributed by atoms with van der Waals surface area (Å²) in [7, 11) is -3.59. The first-order valence-electron chi connectivity index (χ1n) is 3.27. The highest BCUT2D eigenvalue weighted by Crippen LogP contribution is 1.96. The summed E-state index contributed by atoms with van der Waals surface area (Å²) in [5, 5.41) is 8.29. The predicted octanol–water partition coefficient (Wildman–Crippen LogP) is -0.333. The zero-order valence-corrected chi connectivity index (χ0v) is 7.13. The fourth-order valence-corrected chi connectivity index (χ4v) is 1.19. The molecule has 0 aliphatic heterocycles. The van der Waals surface area contributed by atoms with Crippen LogP contribution in [0.2, 0.25) is 0 Å². The summed E-state index contributed by atoms with van der Waals surface area (Å²) in [5.41, 5.74) is 0. The SMILES string of the molecule is CCOOS(=O)(=O)CCCO. The lowest BCUT2D eigenvalue weighted by molar-refractivity contribution is -0.196. The zero-order chi connectivity index (χ0) is 8.74. The van der Waals surface area contributed by atoms with E-state index in [1.54, 1.807) is 6.92 Å². The van der Waals surface area contributed by atoms with Crippen LogP contribution in [0.15, 0.2) is 0 Å². The van der Waals surface area contributed by atoms with Gasteiger partial charge in [-0.25, -0.2) is 4.89 Å². The maximum absolute atomic E-state index is 10.7. The van der Waals surface area contributed by atoms with E-state index >= 15 is 0 Å². The van der Waals surface area contributed by atoms with Crippen molar-refractivity contribution in [2.45, 2.75) is 13.3 Å². The van der Waals surface area contributed by atoms with Crippen molar-refractivity contribution in [2.75, 3.05) is 19.0 Å². The third-order valence-electron chi connectivity index (χ3n) is 0.822. The van der Waals surface area contributed by atoms with Gasteiger partial charge in [-0.15, -0.1) is 4.33 Å². The molecule has 6 heteroatoms. The third-order valence-corrected chi connectivity index (χ3v) is 1.91. The van der Waals surface area contributed by atoms with Gasteiger partial charge in [-0.3, -0.25) is 0 Å². The fourth-order valence-electron chi connectivity index (χ4n) is 0.397. The van der Waals surface area contributed by atoms with Crippen LogP contribution in [0.3, 0.4) is 0 Å². The standard InChI is InChI=1S/C5H12O5S/c1-2-9-10-11(7,8)5-3-4-6/h6H,2-5H2,1H3. The van der Waals surface area contributed by atoms with Crippen LogP contribution in [0.4, 0.5) is 0 Å². The highest BCUT2D eigenvalue weighted by Gasteiger charge is 2.10. The Labute approximate surface area is 66.0 Å². The minimum Gasteiger partial charge on any atom is -0.396 e. The van der Waals surface area contributed by atoms with E-state index in [0.29, 0.717) is 0 Å². The Morgan fingerprint density at radius 1 is 1.45 bits per heavy atom. The second-order valence-corrected chi connectivity index (χ2v) is 3.47. The molecule has 0 aliphatic carbocycles. The average molecular weight is 184 g/mol. The molecule has 0 radical (unpaired) electrons. The van der Waals surface area contributed by atoms with Crippen LogP contribution in [0.1, 0.15) is 13.3 Å². The Bertz CT molecular complexity index is 159. The van der Waals surface area contributed by atoms with Crippen molar-refractivity contribution in [1.29, 1.82) is 0 Å². The minimum absolute atomic E-state index is 0.162. The molecule has 0 heterocycles. The molecule has 0 aromatic heterocycles. The maximum Gasteiger partial charge on any atom is 0.293 e. The van der Waals surface area contributed by atoms with Crippen LogP contribution < -0.4 is 0 Å². The van der Waals surface area contributed by atoms with Gasteiger partial charge in [0, 0.05) is 6.61 Å². The lowest BCUT2D eigenvalue weighted by Crippen LogP contribution is -2.12. The first kappa shape index (κ1) is 10.8. The van der Waals surface area contributed by atoms with E-state index in [9.17, 15) is 8.42 Å². The molecule has 0 atom stereocenters. The fraction of sp³-hybridized carbons (Fsp3) is 1.00. The van der Waals surface area contributed by atoms with Crippen LogP contribution >= 0.6 is 0 Å². The summed E-state index contributed by atoms with van der Waals surface area (Å²) in [6.07, 6.45) is 0.162. The van der Waals surface area contributed by atoms with E-state index in [0.717, 1.165) is 0 Å². The molecule has 0 aromatic rings. The molecule has 0 bridgehead atoms. The number of rotatable bonds is 6. The summed E-state index contributed by atoms with van der Waals surface area (Å²) in [4.78, 5) is 4.23. The molecular formula is C5H12O5S. The van der Waals surface area contributed by atoms with Crippen molar-refractivity contribution in [1.82, 2.24) is 0 Å². The lowest BCUT2D eigenvalue weighted by atomic mass is 10.5. The number of aliphatic hydroxyl groups excluding tert-OH is 1. The first-order chi connectivity index (χ1) is 5.12. The van der Waals surface area contributed by atoms with Crippen molar-refractivity contribution in [2.24, 2.45) is 0 Å². The molecular weight excluding hydrogens is 172 g/mol. The number of hydrogen-bond donors (Lipinski definition) is 1. The van der Waals surface area contributed by atoms with Crippen molar-refractivity contribution in [3.63, 3.8) is 0 Å². The van der Waals surface area contributed by atoms with E-state index < -0.39 is 10.1 Å². The second kappa shape index (κ2) is 5.48. The van der Waals surface area contributed by atoms with E-state index in [2.05, 4.69) is 9.22 Å². The summed E-state index contributed by atoms with van der Waals surface area (Å²) < 4.78 is 25.4. The molecule has 0 unspecified atom stereocenters. The molecule has 68 valence electrons. The molecule has 5 nitrogen and oxygen atoms in total. The van der Waals surface area contributed by atoms with Crippen molar-refractivity contribution in [3.8, 4) is 0 Å². The summed E-state index contributed by atoms with van der Waals surface area (Å²) in [6.45, 7) is 1.62. The van der Waals surface area contributed by atoms with Crippen LogP contribution in [0, 0.1) is 0 Å². The molecule has 0 amide bonds. The molecule has 0 saturated heterocycles. The monoisotopic (exact) mass is 184 g/mol. The molecule has 1 N–H and O–H groups in total. The first-order valence-corrected chi connectivity index (χ1v) is 4.84. The van der Waals surface area contributed by atoms with E-state index in [1.165, 1.54) is 0 Å². The highest BCUT2D eigenvalue weighted by molar-refractivity contribution is 7.86. The van der Waals surface area contributed by atoms with Crippen LogP contribution in [0.5, 0.6) is 0 Å². The molecule has 0 fully saturated rings. The van der Waals surface area contributed by atoms with Crippen molar-refractivity contribution >= 4 is 10.1 Å². The largest absolute Gasteiger partial charge is 0.396 e. The number of aliphatic hydroxyl groups is 1. The second-order valence-electron chi connectivity index (χ2n) is 1.81. The molecule has 0 saturated carbocycles. The average Bonchev–Trinajstić information content (AvgIpc) is 1.97. The smallest absolute Gasteiger partial charge is 0.293 e. The Balaban J connectivity index is 3.63. The zero-order valence-electron chi connectivity index (χ0n) is 6.32. The van der Waals surface area contributed by atoms with Crippen LogP contribution in [0.25, 0.3) is 0 Å². The van der Waals surface area contributed by atoms with Gasteiger partial charge in [-0.05, 0) is 13.3 Å². The van der Waals surface area contributed by atoms with Gasteiger partial charge in [0.05, 0.1) is 12.4 Å². The van der Waals surface area contributed by atoms with Gasteiger partial charge in [0.25, 0.3) is 10.1 Å². The van der Waals surface area contributed by atoms with Gasteiger partial charge < -0.3 is 5.11 Å². The van der Waals surface area contributed by atoms with E-state index in [4.69, 9.17) is 5.11 Å². The third kappa shape index (κ3) is 6.24. The van der Waals surface area contributed by atoms with Crippen LogP contribution in [-0.4, -0.2) is 32.5 Å². The molecule has 0 aliphatic rings. The van der Waals surface area contributed by atoms with Crippen molar-refractivity contribution < 1.29 is 22.7 Å². The Hall–Kier alpha value is -0.170. The summed E-state index contributed by atoms with van der Waals surface area (Å²) in [5.74, 6) is -0.219. The maximum atomic E-state index is 10.7. The molecule has 0 rings (SSSR count). The van der Waals surface area contributed by atoms with Gasteiger partial charge >= 0.3 is 0 Å². The topological polar surface area (TPSA) is 72.8 Å². The molecule has 11 heavy (non-hydrogen) atoms. The van der Waals surface area contributed by atoms with E-state index in [-0.39, 0.29) is 25.4 Å². The predicted molar refractivity (Wildman–Crippen MR) is 38.2 cm³/mol. The summed E-state index contributed by atoms with van der Waals surface area (Å²) >= 11 is 0. The lowest BCUT2D eigenvalue weighted by Gasteiger charge is -2.00. The van der Waals surface area contributed by atoms with Gasteiger partial charge in [0.2, 0.25) is 0 Å². The molecule has 0 spiro atoms. The summed E-state index contributed by atoms with van der Waals surface area (Å²) in [6, 6.07) is 0.